The number of methoxy groups -OCH3 is 1. The lowest BCUT2D eigenvalue weighted by Gasteiger charge is -2.10. The molecule has 0 aliphatic heterocycles. The van der Waals surface area contributed by atoms with Crippen LogP contribution in [0.3, 0.4) is 0 Å². The van der Waals surface area contributed by atoms with Gasteiger partial charge in [-0.1, -0.05) is 0 Å². The highest BCUT2D eigenvalue weighted by atomic mass is 32.2. The van der Waals surface area contributed by atoms with Crippen molar-refractivity contribution >= 4 is 11.8 Å². The lowest BCUT2D eigenvalue weighted by atomic mass is 10.4. The number of aromatic nitrogens is 7. The Labute approximate surface area is 142 Å². The summed E-state index contributed by atoms with van der Waals surface area (Å²) in [5.41, 5.74) is 0. The molecule has 3 heterocycles. The molecule has 124 valence electrons. The summed E-state index contributed by atoms with van der Waals surface area (Å²) in [6, 6.07) is 1.72. The Balaban J connectivity index is 1.72. The maximum Gasteiger partial charge on any atom is 0.250 e. The first-order valence-electron chi connectivity index (χ1n) is 7.02. The Hall–Kier alpha value is -2.75. The van der Waals surface area contributed by atoms with Crippen LogP contribution >= 0.6 is 11.8 Å². The molecule has 0 saturated carbocycles. The summed E-state index contributed by atoms with van der Waals surface area (Å²) in [5, 5.41) is 12.1. The van der Waals surface area contributed by atoms with E-state index in [0.717, 1.165) is 4.90 Å². The molecule has 0 aliphatic carbocycles. The zero-order valence-corrected chi connectivity index (χ0v) is 14.1. The minimum Gasteiger partial charge on any atom is -0.480 e. The molecule has 0 bridgehead atoms. The van der Waals surface area contributed by atoms with E-state index < -0.39 is 6.10 Å². The molecule has 0 fully saturated rings. The van der Waals surface area contributed by atoms with Crippen molar-refractivity contribution in [2.75, 3.05) is 13.4 Å². The summed E-state index contributed by atoms with van der Waals surface area (Å²) in [5.74, 6) is 1.66. The molecule has 3 rings (SSSR count). The molecule has 3 aromatic rings. The summed E-state index contributed by atoms with van der Waals surface area (Å²) >= 11 is 1.58. The summed E-state index contributed by atoms with van der Waals surface area (Å²) in [7, 11) is 1.52. The lowest BCUT2D eigenvalue weighted by Crippen LogP contribution is -2.10. The first-order valence-corrected chi connectivity index (χ1v) is 8.24. The second-order valence-electron chi connectivity index (χ2n) is 4.64. The zero-order valence-electron chi connectivity index (χ0n) is 13.3. The smallest absolute Gasteiger partial charge is 0.250 e. The molecular weight excluding hydrogens is 330 g/mol. The molecule has 0 saturated heterocycles. The summed E-state index contributed by atoms with van der Waals surface area (Å²) in [6.07, 6.45) is 8.17. The van der Waals surface area contributed by atoms with Crippen LogP contribution in [0.4, 0.5) is 0 Å². The molecule has 0 N–H and O–H groups in total. The molecule has 0 radical (unpaired) electrons. The fourth-order valence-electron chi connectivity index (χ4n) is 1.82. The third-order valence-electron chi connectivity index (χ3n) is 3.04. The van der Waals surface area contributed by atoms with Gasteiger partial charge in [-0.15, -0.1) is 22.0 Å². The van der Waals surface area contributed by atoms with E-state index in [1.54, 1.807) is 43.3 Å². The minimum absolute atomic E-state index is 0.378. The van der Waals surface area contributed by atoms with Crippen LogP contribution < -0.4 is 9.47 Å². The van der Waals surface area contributed by atoms with Crippen molar-refractivity contribution in [1.29, 1.82) is 0 Å². The highest BCUT2D eigenvalue weighted by Gasteiger charge is 2.14. The summed E-state index contributed by atoms with van der Waals surface area (Å²) in [6.45, 7) is 1.80. The average molecular weight is 345 g/mol. The van der Waals surface area contributed by atoms with Crippen LogP contribution in [-0.2, 0) is 0 Å². The van der Waals surface area contributed by atoms with Gasteiger partial charge in [0.25, 0.3) is 5.95 Å². The number of thioether (sulfide) groups is 1. The largest absolute Gasteiger partial charge is 0.480 e. The van der Waals surface area contributed by atoms with Crippen molar-refractivity contribution in [2.45, 2.75) is 17.9 Å². The zero-order chi connectivity index (χ0) is 16.9. The molecule has 0 spiro atoms. The van der Waals surface area contributed by atoms with Crippen LogP contribution in [0.2, 0.25) is 0 Å². The maximum atomic E-state index is 5.73. The quantitative estimate of drug-likeness (QED) is 0.618. The van der Waals surface area contributed by atoms with Crippen LogP contribution in [0, 0.1) is 0 Å². The molecule has 0 aliphatic rings. The normalized spacial score (nSPS) is 12.0. The Bertz CT molecular complexity index is 809. The second kappa shape index (κ2) is 7.21. The van der Waals surface area contributed by atoms with Crippen molar-refractivity contribution in [3.05, 3.63) is 36.7 Å². The van der Waals surface area contributed by atoms with Gasteiger partial charge in [-0.2, -0.15) is 10.1 Å². The van der Waals surface area contributed by atoms with Crippen LogP contribution in [0.1, 0.15) is 18.9 Å². The highest BCUT2D eigenvalue weighted by Crippen LogP contribution is 2.19. The number of ether oxygens (including phenoxy) is 2. The Morgan fingerprint density at radius 2 is 1.96 bits per heavy atom. The third kappa shape index (κ3) is 3.59. The Kier molecular flexibility index (Phi) is 4.85. The SMILES string of the molecule is COc1cnnc(C(C)Oc2ccn(-c3ncc(SC)cn3)n2)n1. The molecule has 0 aromatic carbocycles. The van der Waals surface area contributed by atoms with Gasteiger partial charge in [0.15, 0.2) is 11.9 Å². The summed E-state index contributed by atoms with van der Waals surface area (Å²) < 4.78 is 12.3. The lowest BCUT2D eigenvalue weighted by molar-refractivity contribution is 0.202. The van der Waals surface area contributed by atoms with Gasteiger partial charge in [-0.05, 0) is 13.2 Å². The maximum absolute atomic E-state index is 5.73. The van der Waals surface area contributed by atoms with Gasteiger partial charge < -0.3 is 9.47 Å². The van der Waals surface area contributed by atoms with E-state index in [2.05, 4.69) is 30.2 Å². The van der Waals surface area contributed by atoms with Crippen molar-refractivity contribution in [1.82, 2.24) is 34.9 Å². The first kappa shape index (κ1) is 16.1. The van der Waals surface area contributed by atoms with E-state index in [1.807, 2.05) is 6.26 Å². The fourth-order valence-corrected chi connectivity index (χ4v) is 2.14. The topological polar surface area (TPSA) is 101 Å². The van der Waals surface area contributed by atoms with Crippen LogP contribution in [0.5, 0.6) is 11.8 Å². The number of hydrogen-bond acceptors (Lipinski definition) is 9. The monoisotopic (exact) mass is 345 g/mol. The third-order valence-corrected chi connectivity index (χ3v) is 3.73. The first-order chi connectivity index (χ1) is 11.7. The van der Waals surface area contributed by atoms with Crippen molar-refractivity contribution in [3.8, 4) is 17.7 Å². The molecule has 1 unspecified atom stereocenters. The van der Waals surface area contributed by atoms with Gasteiger partial charge in [-0.25, -0.2) is 14.6 Å². The van der Waals surface area contributed by atoms with Crippen molar-refractivity contribution in [2.24, 2.45) is 0 Å². The predicted molar refractivity (Wildman–Crippen MR) is 86.4 cm³/mol. The molecule has 10 heteroatoms. The fraction of sp³-hybridized carbons (Fsp3) is 0.286. The summed E-state index contributed by atoms with van der Waals surface area (Å²) in [4.78, 5) is 13.7. The molecule has 24 heavy (non-hydrogen) atoms. The molecule has 1 atom stereocenters. The second-order valence-corrected chi connectivity index (χ2v) is 5.52. The minimum atomic E-state index is -0.435. The van der Waals surface area contributed by atoms with Crippen molar-refractivity contribution < 1.29 is 9.47 Å². The predicted octanol–water partition coefficient (Wildman–Crippen LogP) is 1.72. The number of hydrogen-bond donors (Lipinski definition) is 0. The molecule has 9 nitrogen and oxygen atoms in total. The van der Waals surface area contributed by atoms with E-state index in [-0.39, 0.29) is 0 Å². The van der Waals surface area contributed by atoms with Gasteiger partial charge >= 0.3 is 0 Å². The van der Waals surface area contributed by atoms with Gasteiger partial charge in [-0.3, -0.25) is 0 Å². The van der Waals surface area contributed by atoms with E-state index in [4.69, 9.17) is 9.47 Å². The van der Waals surface area contributed by atoms with Crippen LogP contribution in [0.15, 0.2) is 35.7 Å². The average Bonchev–Trinajstić information content (AvgIpc) is 3.10. The molecule has 3 aromatic heterocycles. The van der Waals surface area contributed by atoms with Gasteiger partial charge in [0, 0.05) is 29.6 Å². The molecular formula is C14H15N7O2S. The van der Waals surface area contributed by atoms with Gasteiger partial charge in [0.2, 0.25) is 11.8 Å². The van der Waals surface area contributed by atoms with Crippen LogP contribution in [0.25, 0.3) is 5.95 Å². The van der Waals surface area contributed by atoms with Gasteiger partial charge in [0.1, 0.15) is 6.20 Å². The number of rotatable bonds is 6. The van der Waals surface area contributed by atoms with E-state index in [1.165, 1.54) is 18.0 Å². The van der Waals surface area contributed by atoms with E-state index in [9.17, 15) is 0 Å². The van der Waals surface area contributed by atoms with E-state index >= 15 is 0 Å². The molecule has 0 amide bonds. The van der Waals surface area contributed by atoms with E-state index in [0.29, 0.717) is 23.5 Å². The number of nitrogens with zero attached hydrogens (tertiary/aromatic N) is 7. The Morgan fingerprint density at radius 1 is 1.17 bits per heavy atom. The Morgan fingerprint density at radius 3 is 2.67 bits per heavy atom. The highest BCUT2D eigenvalue weighted by molar-refractivity contribution is 7.98. The van der Waals surface area contributed by atoms with Gasteiger partial charge in [0.05, 0.1) is 7.11 Å². The van der Waals surface area contributed by atoms with Crippen molar-refractivity contribution in [3.63, 3.8) is 0 Å². The standard InChI is InChI=1S/C14H15N7O2S/c1-9(13-18-12(22-2)8-17-19-13)23-11-4-5-21(20-11)14-15-6-10(24-3)7-16-14/h4-9H,1-3H3. The van der Waals surface area contributed by atoms with Crippen LogP contribution in [-0.4, -0.2) is 48.3 Å².